The van der Waals surface area contributed by atoms with Crippen LogP contribution in [0, 0.1) is 0 Å². The van der Waals surface area contributed by atoms with Gasteiger partial charge in [-0.25, -0.2) is 4.79 Å². The zero-order valence-electron chi connectivity index (χ0n) is 7.49. The Kier molecular flexibility index (Phi) is 2.56. The van der Waals surface area contributed by atoms with Gasteiger partial charge in [-0.3, -0.25) is 4.79 Å². The lowest BCUT2D eigenvalue weighted by Crippen LogP contribution is -2.55. The van der Waals surface area contributed by atoms with E-state index in [-0.39, 0.29) is 5.91 Å². The van der Waals surface area contributed by atoms with Crippen LogP contribution >= 0.6 is 0 Å². The van der Waals surface area contributed by atoms with Gasteiger partial charge in [0.2, 0.25) is 5.91 Å². The summed E-state index contributed by atoms with van der Waals surface area (Å²) in [6.45, 7) is 1.23. The van der Waals surface area contributed by atoms with E-state index in [4.69, 9.17) is 10.2 Å². The number of aliphatic hydroxyl groups excluding tert-OH is 1. The molecule has 0 aromatic rings. The normalized spacial score (nSPS) is 21.7. The van der Waals surface area contributed by atoms with Crippen LogP contribution in [0.25, 0.3) is 0 Å². The van der Waals surface area contributed by atoms with Gasteiger partial charge in [0, 0.05) is 13.0 Å². The zero-order valence-corrected chi connectivity index (χ0v) is 7.49. The molecule has 74 valence electrons. The molecule has 0 aromatic carbocycles. The molecule has 0 spiro atoms. The van der Waals surface area contributed by atoms with Crippen LogP contribution in [0.5, 0.6) is 0 Å². The second-order valence-corrected chi connectivity index (χ2v) is 3.39. The molecular weight excluding hydrogens is 174 g/mol. The lowest BCUT2D eigenvalue weighted by atomic mass is 10.0. The van der Waals surface area contributed by atoms with Crippen molar-refractivity contribution in [3.05, 3.63) is 0 Å². The summed E-state index contributed by atoms with van der Waals surface area (Å²) >= 11 is 0. The Labute approximate surface area is 76.0 Å². The van der Waals surface area contributed by atoms with E-state index in [1.54, 1.807) is 0 Å². The monoisotopic (exact) mass is 187 g/mol. The van der Waals surface area contributed by atoms with E-state index in [1.165, 1.54) is 11.8 Å². The molecule has 0 bridgehead atoms. The van der Waals surface area contributed by atoms with Crippen molar-refractivity contribution in [1.82, 2.24) is 4.90 Å². The van der Waals surface area contributed by atoms with Crippen LogP contribution in [0.2, 0.25) is 0 Å². The first-order chi connectivity index (χ1) is 6.02. The maximum absolute atomic E-state index is 11.2. The van der Waals surface area contributed by atoms with E-state index in [1.807, 2.05) is 0 Å². The minimum Gasteiger partial charge on any atom is -0.479 e. The Hall–Kier alpha value is -1.10. The Bertz CT molecular complexity index is 238. The number of nitrogens with zero attached hydrogens (tertiary/aromatic N) is 1. The number of aliphatic carboxylic acids is 1. The van der Waals surface area contributed by atoms with Gasteiger partial charge in [0.15, 0.2) is 5.54 Å². The van der Waals surface area contributed by atoms with Crippen molar-refractivity contribution in [3.8, 4) is 0 Å². The Morgan fingerprint density at radius 2 is 2.31 bits per heavy atom. The van der Waals surface area contributed by atoms with Crippen LogP contribution in [0.3, 0.4) is 0 Å². The van der Waals surface area contributed by atoms with E-state index in [9.17, 15) is 9.59 Å². The molecule has 0 saturated carbocycles. The number of likely N-dealkylation sites (tertiary alicyclic amines) is 1. The van der Waals surface area contributed by atoms with Crippen molar-refractivity contribution in [1.29, 1.82) is 0 Å². The van der Waals surface area contributed by atoms with Crippen molar-refractivity contribution in [2.75, 3.05) is 13.2 Å². The Morgan fingerprint density at radius 1 is 1.69 bits per heavy atom. The lowest BCUT2D eigenvalue weighted by molar-refractivity contribution is -0.158. The third-order valence-electron chi connectivity index (χ3n) is 2.44. The molecule has 1 saturated heterocycles. The quantitative estimate of drug-likeness (QED) is 0.621. The predicted molar refractivity (Wildman–Crippen MR) is 44.1 cm³/mol. The predicted octanol–water partition coefficient (Wildman–Crippen LogP) is -0.556. The topological polar surface area (TPSA) is 77.8 Å². The van der Waals surface area contributed by atoms with Gasteiger partial charge in [0.05, 0.1) is 6.61 Å². The van der Waals surface area contributed by atoms with Crippen LogP contribution < -0.4 is 0 Å². The van der Waals surface area contributed by atoms with Gasteiger partial charge >= 0.3 is 5.97 Å². The van der Waals surface area contributed by atoms with Crippen LogP contribution in [0.4, 0.5) is 0 Å². The second kappa shape index (κ2) is 3.33. The van der Waals surface area contributed by atoms with Crippen molar-refractivity contribution in [3.63, 3.8) is 0 Å². The lowest BCUT2D eigenvalue weighted by Gasteiger charge is -2.32. The summed E-state index contributed by atoms with van der Waals surface area (Å²) in [5.41, 5.74) is -1.45. The van der Waals surface area contributed by atoms with Gasteiger partial charge in [-0.1, -0.05) is 0 Å². The minimum absolute atomic E-state index is 0.195. The third kappa shape index (κ3) is 1.51. The van der Waals surface area contributed by atoms with E-state index in [0.29, 0.717) is 19.4 Å². The van der Waals surface area contributed by atoms with Crippen molar-refractivity contribution in [2.24, 2.45) is 0 Å². The van der Waals surface area contributed by atoms with E-state index < -0.39 is 18.1 Å². The maximum atomic E-state index is 11.2. The van der Waals surface area contributed by atoms with E-state index in [0.717, 1.165) is 0 Å². The van der Waals surface area contributed by atoms with Crippen LogP contribution in [0.15, 0.2) is 0 Å². The van der Waals surface area contributed by atoms with Crippen LogP contribution in [-0.2, 0) is 9.59 Å². The molecule has 0 aromatic heterocycles. The summed E-state index contributed by atoms with van der Waals surface area (Å²) in [7, 11) is 0. The fourth-order valence-corrected chi connectivity index (χ4v) is 1.44. The molecule has 1 aliphatic rings. The van der Waals surface area contributed by atoms with Gasteiger partial charge < -0.3 is 15.1 Å². The molecule has 1 fully saturated rings. The Balaban J connectivity index is 2.87. The van der Waals surface area contributed by atoms with Gasteiger partial charge in [-0.05, 0) is 13.3 Å². The number of aliphatic hydroxyl groups is 1. The van der Waals surface area contributed by atoms with Crippen molar-refractivity contribution >= 4 is 11.9 Å². The third-order valence-corrected chi connectivity index (χ3v) is 2.44. The average Bonchev–Trinajstić information content (AvgIpc) is 2.50. The smallest absolute Gasteiger partial charge is 0.331 e. The average molecular weight is 187 g/mol. The highest BCUT2D eigenvalue weighted by molar-refractivity contribution is 5.87. The zero-order chi connectivity index (χ0) is 10.1. The SMILES string of the molecule is CC(CO)(C(=O)O)N1CCCC1=O. The van der Waals surface area contributed by atoms with Gasteiger partial charge in [-0.15, -0.1) is 0 Å². The molecule has 1 aliphatic heterocycles. The molecule has 5 heteroatoms. The first-order valence-corrected chi connectivity index (χ1v) is 4.17. The van der Waals surface area contributed by atoms with Gasteiger partial charge in [0.1, 0.15) is 0 Å². The largest absolute Gasteiger partial charge is 0.479 e. The fourth-order valence-electron chi connectivity index (χ4n) is 1.44. The first kappa shape index (κ1) is 9.98. The van der Waals surface area contributed by atoms with E-state index in [2.05, 4.69) is 0 Å². The summed E-state index contributed by atoms with van der Waals surface area (Å²) in [4.78, 5) is 23.3. The number of carbonyl (C=O) groups excluding carboxylic acids is 1. The molecular formula is C8H13NO4. The van der Waals surface area contributed by atoms with Crippen LogP contribution in [-0.4, -0.2) is 45.7 Å². The van der Waals surface area contributed by atoms with E-state index >= 15 is 0 Å². The number of amides is 1. The maximum Gasteiger partial charge on any atom is 0.331 e. The molecule has 5 nitrogen and oxygen atoms in total. The highest BCUT2D eigenvalue weighted by Gasteiger charge is 2.43. The molecule has 1 unspecified atom stereocenters. The number of carboxylic acid groups (broad SMARTS) is 1. The highest BCUT2D eigenvalue weighted by Crippen LogP contribution is 2.22. The number of carbonyl (C=O) groups is 2. The molecule has 1 heterocycles. The first-order valence-electron chi connectivity index (χ1n) is 4.17. The van der Waals surface area contributed by atoms with Gasteiger partial charge in [0.25, 0.3) is 0 Å². The van der Waals surface area contributed by atoms with Crippen molar-refractivity contribution < 1.29 is 19.8 Å². The molecule has 2 N–H and O–H groups in total. The second-order valence-electron chi connectivity index (χ2n) is 3.39. The molecule has 1 rings (SSSR count). The number of rotatable bonds is 3. The minimum atomic E-state index is -1.45. The number of hydrogen-bond acceptors (Lipinski definition) is 3. The molecule has 0 aliphatic carbocycles. The summed E-state index contributed by atoms with van der Waals surface area (Å²) in [6, 6.07) is 0. The molecule has 1 atom stereocenters. The highest BCUT2D eigenvalue weighted by atomic mass is 16.4. The van der Waals surface area contributed by atoms with Crippen LogP contribution in [0.1, 0.15) is 19.8 Å². The molecule has 0 radical (unpaired) electrons. The number of carboxylic acids is 1. The van der Waals surface area contributed by atoms with Crippen molar-refractivity contribution in [2.45, 2.75) is 25.3 Å². The summed E-state index contributed by atoms with van der Waals surface area (Å²) < 4.78 is 0. The standard InChI is InChI=1S/C8H13NO4/c1-8(5-10,7(12)13)9-4-2-3-6(9)11/h10H,2-5H2,1H3,(H,12,13). The summed E-state index contributed by atoms with van der Waals surface area (Å²) in [6.07, 6.45) is 1.05. The number of hydrogen-bond donors (Lipinski definition) is 2. The Morgan fingerprint density at radius 3 is 2.62 bits per heavy atom. The van der Waals surface area contributed by atoms with Gasteiger partial charge in [-0.2, -0.15) is 0 Å². The molecule has 13 heavy (non-hydrogen) atoms. The summed E-state index contributed by atoms with van der Waals surface area (Å²) in [5.74, 6) is -1.36. The summed E-state index contributed by atoms with van der Waals surface area (Å²) in [5, 5.41) is 17.8. The fraction of sp³-hybridized carbons (Fsp3) is 0.750. The molecule has 1 amide bonds.